The van der Waals surface area contributed by atoms with Crippen molar-refractivity contribution in [3.05, 3.63) is 22.6 Å². The zero-order chi connectivity index (χ0) is 14.4. The Hall–Kier alpha value is -1.27. The Kier molecular flexibility index (Phi) is 3.27. The predicted octanol–water partition coefficient (Wildman–Crippen LogP) is 0.726. The van der Waals surface area contributed by atoms with Crippen molar-refractivity contribution in [3.8, 4) is 0 Å². The third-order valence-corrected chi connectivity index (χ3v) is 4.00. The molecule has 0 unspecified atom stereocenters. The topological polar surface area (TPSA) is 52.5 Å². The van der Waals surface area contributed by atoms with E-state index < -0.39 is 7.12 Å². The predicted molar refractivity (Wildman–Crippen MR) is 76.9 cm³/mol. The number of pyridine rings is 1. The molecule has 0 saturated carbocycles. The lowest BCUT2D eigenvalue weighted by atomic mass is 9.80. The SMILES string of the molecule is CNc1cc(B2OC(C)(C)C(C)(C)O2)cn(C)c1=O. The van der Waals surface area contributed by atoms with Crippen molar-refractivity contribution in [3.63, 3.8) is 0 Å². The number of aromatic nitrogens is 1. The van der Waals surface area contributed by atoms with E-state index in [4.69, 9.17) is 9.31 Å². The van der Waals surface area contributed by atoms with Crippen LogP contribution in [0.1, 0.15) is 27.7 Å². The van der Waals surface area contributed by atoms with Crippen LogP contribution in [0, 0.1) is 0 Å². The molecule has 1 aromatic rings. The zero-order valence-corrected chi connectivity index (χ0v) is 12.4. The monoisotopic (exact) mass is 264 g/mol. The van der Waals surface area contributed by atoms with Crippen molar-refractivity contribution in [2.45, 2.75) is 38.9 Å². The van der Waals surface area contributed by atoms with E-state index in [2.05, 4.69) is 5.32 Å². The molecule has 0 bridgehead atoms. The van der Waals surface area contributed by atoms with E-state index in [1.165, 1.54) is 4.57 Å². The number of nitrogens with one attached hydrogen (secondary N) is 1. The maximum absolute atomic E-state index is 11.8. The Morgan fingerprint density at radius 1 is 1.21 bits per heavy atom. The second kappa shape index (κ2) is 4.39. The van der Waals surface area contributed by atoms with Crippen LogP contribution >= 0.6 is 0 Å². The highest BCUT2D eigenvalue weighted by molar-refractivity contribution is 6.62. The highest BCUT2D eigenvalue weighted by atomic mass is 16.7. The van der Waals surface area contributed by atoms with E-state index in [-0.39, 0.29) is 16.8 Å². The summed E-state index contributed by atoms with van der Waals surface area (Å²) in [5.74, 6) is 0. The van der Waals surface area contributed by atoms with E-state index in [0.717, 1.165) is 5.46 Å². The summed E-state index contributed by atoms with van der Waals surface area (Å²) >= 11 is 0. The van der Waals surface area contributed by atoms with Crippen molar-refractivity contribution in [2.75, 3.05) is 12.4 Å². The van der Waals surface area contributed by atoms with Crippen LogP contribution in [0.4, 0.5) is 5.69 Å². The summed E-state index contributed by atoms with van der Waals surface area (Å²) in [6.07, 6.45) is 1.76. The molecule has 0 atom stereocenters. The van der Waals surface area contributed by atoms with Gasteiger partial charge in [0.25, 0.3) is 5.56 Å². The normalized spacial score (nSPS) is 20.6. The molecular formula is C13H21BN2O3. The Morgan fingerprint density at radius 3 is 2.21 bits per heavy atom. The highest BCUT2D eigenvalue weighted by Crippen LogP contribution is 2.36. The highest BCUT2D eigenvalue weighted by Gasteiger charge is 2.51. The van der Waals surface area contributed by atoms with Gasteiger partial charge in [0, 0.05) is 25.8 Å². The molecule has 0 spiro atoms. The van der Waals surface area contributed by atoms with Crippen LogP contribution in [0.25, 0.3) is 0 Å². The van der Waals surface area contributed by atoms with Gasteiger partial charge in [-0.25, -0.2) is 0 Å². The first-order chi connectivity index (χ1) is 8.68. The van der Waals surface area contributed by atoms with Crippen LogP contribution in [-0.2, 0) is 16.4 Å². The average Bonchev–Trinajstić information content (AvgIpc) is 2.52. The van der Waals surface area contributed by atoms with Crippen LogP contribution in [0.5, 0.6) is 0 Å². The van der Waals surface area contributed by atoms with Crippen molar-refractivity contribution < 1.29 is 9.31 Å². The number of nitrogens with zero attached hydrogens (tertiary/aromatic N) is 1. The lowest BCUT2D eigenvalue weighted by molar-refractivity contribution is 0.00578. The van der Waals surface area contributed by atoms with Gasteiger partial charge in [-0.2, -0.15) is 0 Å². The third kappa shape index (κ3) is 2.30. The first-order valence-electron chi connectivity index (χ1n) is 6.42. The molecule has 1 aromatic heterocycles. The molecular weight excluding hydrogens is 243 g/mol. The van der Waals surface area contributed by atoms with Gasteiger partial charge in [-0.3, -0.25) is 4.79 Å². The van der Waals surface area contributed by atoms with Crippen molar-refractivity contribution in [2.24, 2.45) is 7.05 Å². The average molecular weight is 264 g/mol. The molecule has 0 aromatic carbocycles. The van der Waals surface area contributed by atoms with Crippen molar-refractivity contribution in [1.82, 2.24) is 4.57 Å². The molecule has 6 heteroatoms. The van der Waals surface area contributed by atoms with Crippen LogP contribution in [-0.4, -0.2) is 29.9 Å². The Morgan fingerprint density at radius 2 is 1.74 bits per heavy atom. The van der Waals surface area contributed by atoms with Gasteiger partial charge in [0.1, 0.15) is 0 Å². The minimum absolute atomic E-state index is 0.0669. The lowest BCUT2D eigenvalue weighted by Gasteiger charge is -2.32. The van der Waals surface area contributed by atoms with Gasteiger partial charge in [0.05, 0.1) is 16.9 Å². The molecule has 1 saturated heterocycles. The second-order valence-corrected chi connectivity index (χ2v) is 5.94. The molecule has 1 aliphatic rings. The number of hydrogen-bond acceptors (Lipinski definition) is 4. The fraction of sp³-hybridized carbons (Fsp3) is 0.615. The van der Waals surface area contributed by atoms with Gasteiger partial charge in [-0.15, -0.1) is 0 Å². The van der Waals surface area contributed by atoms with E-state index in [0.29, 0.717) is 5.69 Å². The summed E-state index contributed by atoms with van der Waals surface area (Å²) in [6, 6.07) is 1.78. The number of aryl methyl sites for hydroxylation is 1. The summed E-state index contributed by atoms with van der Waals surface area (Å²) in [7, 11) is 2.99. The van der Waals surface area contributed by atoms with Crippen molar-refractivity contribution >= 4 is 18.3 Å². The quantitative estimate of drug-likeness (QED) is 0.800. The molecule has 0 amide bonds. The number of rotatable bonds is 2. The minimum Gasteiger partial charge on any atom is -0.399 e. The van der Waals surface area contributed by atoms with Crippen LogP contribution in [0.2, 0.25) is 0 Å². The number of anilines is 1. The summed E-state index contributed by atoms with van der Waals surface area (Å²) in [4.78, 5) is 11.8. The Balaban J connectivity index is 2.40. The molecule has 0 aliphatic carbocycles. The van der Waals surface area contributed by atoms with Crippen molar-refractivity contribution in [1.29, 1.82) is 0 Å². The van der Waals surface area contributed by atoms with E-state index in [1.807, 2.05) is 27.7 Å². The van der Waals surface area contributed by atoms with Crippen LogP contribution in [0.15, 0.2) is 17.1 Å². The van der Waals surface area contributed by atoms with Gasteiger partial charge in [0.15, 0.2) is 0 Å². The lowest BCUT2D eigenvalue weighted by Crippen LogP contribution is -2.41. The first kappa shape index (κ1) is 14.2. The van der Waals surface area contributed by atoms with Crippen LogP contribution in [0.3, 0.4) is 0 Å². The molecule has 104 valence electrons. The minimum atomic E-state index is -0.455. The second-order valence-electron chi connectivity index (χ2n) is 5.94. The molecule has 19 heavy (non-hydrogen) atoms. The van der Waals surface area contributed by atoms with Crippen LogP contribution < -0.4 is 16.3 Å². The standard InChI is InChI=1S/C13H21BN2O3/c1-12(2)13(3,4)19-14(18-12)9-7-10(15-5)11(17)16(6)8-9/h7-8,15H,1-6H3. The maximum atomic E-state index is 11.8. The van der Waals surface area contributed by atoms with Gasteiger partial charge >= 0.3 is 7.12 Å². The maximum Gasteiger partial charge on any atom is 0.496 e. The summed E-state index contributed by atoms with van der Waals surface area (Å²) in [6.45, 7) is 8.03. The smallest absolute Gasteiger partial charge is 0.399 e. The number of hydrogen-bond donors (Lipinski definition) is 1. The molecule has 1 fully saturated rings. The third-order valence-electron chi connectivity index (χ3n) is 4.00. The van der Waals surface area contributed by atoms with Gasteiger partial charge < -0.3 is 19.2 Å². The molecule has 0 radical (unpaired) electrons. The van der Waals surface area contributed by atoms with Gasteiger partial charge in [-0.1, -0.05) is 0 Å². The molecule has 1 N–H and O–H groups in total. The Labute approximate surface area is 114 Å². The summed E-state index contributed by atoms with van der Waals surface area (Å²) < 4.78 is 13.5. The fourth-order valence-electron chi connectivity index (χ4n) is 2.03. The van der Waals surface area contributed by atoms with Gasteiger partial charge in [0.2, 0.25) is 0 Å². The van der Waals surface area contributed by atoms with E-state index in [9.17, 15) is 4.79 Å². The molecule has 1 aliphatic heterocycles. The molecule has 2 heterocycles. The summed E-state index contributed by atoms with van der Waals surface area (Å²) in [5.41, 5.74) is 0.542. The fourth-order valence-corrected chi connectivity index (χ4v) is 2.03. The van der Waals surface area contributed by atoms with E-state index in [1.54, 1.807) is 26.4 Å². The summed E-state index contributed by atoms with van der Waals surface area (Å²) in [5, 5.41) is 2.90. The molecule has 2 rings (SSSR count). The molecule has 5 nitrogen and oxygen atoms in total. The largest absolute Gasteiger partial charge is 0.496 e. The Bertz CT molecular complexity index is 535. The first-order valence-corrected chi connectivity index (χ1v) is 6.42. The van der Waals surface area contributed by atoms with E-state index >= 15 is 0 Å². The van der Waals surface area contributed by atoms with Gasteiger partial charge in [-0.05, 0) is 33.8 Å². The zero-order valence-electron chi connectivity index (χ0n) is 12.4.